The molecule has 31 heavy (non-hydrogen) atoms. The Hall–Kier alpha value is -2.92. The second-order valence-electron chi connectivity index (χ2n) is 6.33. The molecule has 1 aliphatic heterocycles. The molecular weight excluding hydrogens is 481 g/mol. The number of hydrogen-bond acceptors (Lipinski definition) is 7. The lowest BCUT2D eigenvalue weighted by Crippen LogP contribution is -2.55. The van der Waals surface area contributed by atoms with Crippen LogP contribution in [0.3, 0.4) is 0 Å². The molecule has 1 aromatic heterocycles. The summed E-state index contributed by atoms with van der Waals surface area (Å²) in [4.78, 5) is 44.5. The number of carbonyl (C=O) groups is 3. The van der Waals surface area contributed by atoms with Crippen molar-refractivity contribution in [1.29, 1.82) is 0 Å². The molecule has 4 rings (SSSR count). The number of benzene rings is 2. The number of halogens is 2. The van der Waals surface area contributed by atoms with E-state index in [0.29, 0.717) is 15.4 Å². The molecule has 1 saturated heterocycles. The van der Waals surface area contributed by atoms with Crippen molar-refractivity contribution >= 4 is 91.1 Å². The monoisotopic (exact) mass is 491 g/mol. The highest BCUT2D eigenvalue weighted by molar-refractivity contribution is 7.80. The summed E-state index contributed by atoms with van der Waals surface area (Å²) in [6.45, 7) is 0. The van der Waals surface area contributed by atoms with Crippen LogP contribution in [0.1, 0.15) is 10.9 Å². The van der Waals surface area contributed by atoms with Crippen LogP contribution in [0.4, 0.5) is 5.69 Å². The zero-order chi connectivity index (χ0) is 22.3. The minimum absolute atomic E-state index is 0.000177. The molecule has 1 atom stereocenters. The highest BCUT2D eigenvalue weighted by Gasteiger charge is 2.49. The minimum atomic E-state index is -1.32. The zero-order valence-electron chi connectivity index (χ0n) is 15.3. The molecule has 0 radical (unpaired) electrons. The maximum absolute atomic E-state index is 13.3. The Morgan fingerprint density at radius 3 is 2.58 bits per heavy atom. The topological polar surface area (TPSA) is 118 Å². The van der Waals surface area contributed by atoms with Crippen LogP contribution in [0.2, 0.25) is 10.0 Å². The third kappa shape index (κ3) is 3.90. The number of nitrogens with zero attached hydrogens (tertiary/aromatic N) is 3. The van der Waals surface area contributed by atoms with E-state index in [1.165, 1.54) is 29.5 Å². The summed E-state index contributed by atoms with van der Waals surface area (Å²) in [5.41, 5.74) is 8.09. The second-order valence-corrected chi connectivity index (χ2v) is 8.68. The number of nitrogens with one attached hydrogen (secondary N) is 1. The van der Waals surface area contributed by atoms with Gasteiger partial charge < -0.3 is 5.73 Å². The molecule has 2 amide bonds. The lowest BCUT2D eigenvalue weighted by atomic mass is 9.92. The van der Waals surface area contributed by atoms with Crippen LogP contribution in [-0.4, -0.2) is 33.4 Å². The van der Waals surface area contributed by atoms with E-state index in [1.54, 1.807) is 12.1 Å². The summed E-state index contributed by atoms with van der Waals surface area (Å²) in [6, 6.07) is 11.3. The molecule has 12 heteroatoms. The highest BCUT2D eigenvalue weighted by atomic mass is 35.5. The third-order valence-corrected chi connectivity index (χ3v) is 6.10. The Morgan fingerprint density at radius 1 is 1.16 bits per heavy atom. The average molecular weight is 492 g/mol. The second kappa shape index (κ2) is 8.31. The molecule has 0 bridgehead atoms. The van der Waals surface area contributed by atoms with E-state index in [0.717, 1.165) is 4.70 Å². The van der Waals surface area contributed by atoms with Crippen LogP contribution in [0, 0.1) is 0 Å². The number of anilines is 1. The van der Waals surface area contributed by atoms with Crippen molar-refractivity contribution in [3.8, 4) is 0 Å². The van der Waals surface area contributed by atoms with Gasteiger partial charge in [0.05, 0.1) is 20.9 Å². The highest BCUT2D eigenvalue weighted by Crippen LogP contribution is 2.36. The number of amides is 2. The van der Waals surface area contributed by atoms with Crippen molar-refractivity contribution in [3.05, 3.63) is 57.5 Å². The van der Waals surface area contributed by atoms with Gasteiger partial charge in [0.2, 0.25) is 5.78 Å². The van der Waals surface area contributed by atoms with Crippen molar-refractivity contribution in [2.75, 3.05) is 4.90 Å². The van der Waals surface area contributed by atoms with E-state index < -0.39 is 23.5 Å². The number of fused-ring (bicyclic) bond motifs is 1. The molecule has 156 valence electrons. The number of piperidine rings is 1. The number of rotatable bonds is 3. The molecule has 3 aromatic rings. The summed E-state index contributed by atoms with van der Waals surface area (Å²) in [6.07, 6.45) is 0. The predicted octanol–water partition coefficient (Wildman–Crippen LogP) is 3.02. The van der Waals surface area contributed by atoms with E-state index >= 15 is 0 Å². The van der Waals surface area contributed by atoms with Gasteiger partial charge >= 0.3 is 5.91 Å². The Morgan fingerprint density at radius 2 is 1.90 bits per heavy atom. The molecule has 3 N–H and O–H groups in total. The molecule has 1 fully saturated rings. The van der Waals surface area contributed by atoms with Crippen LogP contribution >= 0.6 is 46.8 Å². The fraction of sp³-hybridized carbons (Fsp3) is 0.0526. The first-order valence-corrected chi connectivity index (χ1v) is 10.6. The molecule has 1 aliphatic rings. The third-order valence-electron chi connectivity index (χ3n) is 4.37. The number of hydrogen-bond donors (Lipinski definition) is 2. The number of thiazole rings is 1. The fourth-order valence-electron chi connectivity index (χ4n) is 3.04. The van der Waals surface area contributed by atoms with Crippen molar-refractivity contribution in [2.24, 2.45) is 10.8 Å². The van der Waals surface area contributed by atoms with E-state index in [2.05, 4.69) is 15.5 Å². The molecule has 0 unspecified atom stereocenters. The number of carbonyl (C=O) groups excluding carboxylic acids is 3. The lowest BCUT2D eigenvalue weighted by molar-refractivity contribution is -0.139. The van der Waals surface area contributed by atoms with Gasteiger partial charge in [-0.25, -0.2) is 9.88 Å². The van der Waals surface area contributed by atoms with Gasteiger partial charge in [-0.05, 0) is 42.5 Å². The van der Waals surface area contributed by atoms with E-state index in [-0.39, 0.29) is 26.5 Å². The van der Waals surface area contributed by atoms with E-state index in [4.69, 9.17) is 41.2 Å². The fourth-order valence-corrected chi connectivity index (χ4v) is 4.65. The first-order chi connectivity index (χ1) is 14.8. The summed E-state index contributed by atoms with van der Waals surface area (Å²) in [7, 11) is 0. The quantitative estimate of drug-likeness (QED) is 0.250. The Bertz CT molecular complexity index is 1270. The average Bonchev–Trinajstić information content (AvgIpc) is 3.14. The van der Waals surface area contributed by atoms with Crippen LogP contribution < -0.4 is 16.1 Å². The summed E-state index contributed by atoms with van der Waals surface area (Å²) in [5.74, 6) is -4.13. The number of thiocarbonyl (C=S) groups is 1. The van der Waals surface area contributed by atoms with Crippen LogP contribution in [0.5, 0.6) is 0 Å². The normalized spacial score (nSPS) is 18.1. The van der Waals surface area contributed by atoms with Crippen LogP contribution in [0.25, 0.3) is 10.2 Å². The van der Waals surface area contributed by atoms with Crippen LogP contribution in [-0.2, 0) is 14.4 Å². The van der Waals surface area contributed by atoms with Gasteiger partial charge in [0, 0.05) is 5.02 Å². The molecule has 8 nitrogen and oxygen atoms in total. The standard InChI is InChI=1S/C19H11Cl2N5O3S2/c20-8-5-6-11(9(21)7-8)26-17(28)14(24-25-19(22)30)13(15(27)18(26)29)16-23-10-3-1-2-4-12(10)31-16/h1-7,13H,(H3,22,25,30)/b24-14+/t13-/m0/s1. The SMILES string of the molecule is NC(=S)N/N=C1/C(=O)N(c2ccc(Cl)cc2Cl)C(=O)C(=O)[C@H]1c1nc2ccccc2s1. The van der Waals surface area contributed by atoms with Gasteiger partial charge in [-0.1, -0.05) is 35.3 Å². The van der Waals surface area contributed by atoms with E-state index in [1.807, 2.05) is 12.1 Å². The summed E-state index contributed by atoms with van der Waals surface area (Å²) >= 11 is 18.0. The Labute approximate surface area is 194 Å². The van der Waals surface area contributed by atoms with E-state index in [9.17, 15) is 14.4 Å². The summed E-state index contributed by atoms with van der Waals surface area (Å²) in [5, 5.41) is 4.28. The Balaban J connectivity index is 1.86. The van der Waals surface area contributed by atoms with Gasteiger partial charge in [-0.2, -0.15) is 5.10 Å². The number of aromatic nitrogens is 1. The maximum atomic E-state index is 13.3. The molecule has 0 saturated carbocycles. The van der Waals surface area contributed by atoms with Crippen molar-refractivity contribution in [3.63, 3.8) is 0 Å². The molecule has 0 aliphatic carbocycles. The number of Topliss-reactive ketones (excluding diaryl/α,β-unsaturated/α-hetero) is 1. The molecular formula is C19H11Cl2N5O3S2. The maximum Gasteiger partial charge on any atom is 0.302 e. The van der Waals surface area contributed by atoms with Crippen molar-refractivity contribution < 1.29 is 14.4 Å². The Kier molecular flexibility index (Phi) is 5.71. The smallest absolute Gasteiger partial charge is 0.302 e. The molecule has 2 heterocycles. The number of ketones is 1. The van der Waals surface area contributed by atoms with Gasteiger partial charge in [0.15, 0.2) is 5.11 Å². The molecule has 0 spiro atoms. The molecule has 2 aromatic carbocycles. The summed E-state index contributed by atoms with van der Waals surface area (Å²) < 4.78 is 0.787. The largest absolute Gasteiger partial charge is 0.375 e. The minimum Gasteiger partial charge on any atom is -0.375 e. The predicted molar refractivity (Wildman–Crippen MR) is 124 cm³/mol. The number of imide groups is 1. The van der Waals surface area contributed by atoms with Crippen molar-refractivity contribution in [2.45, 2.75) is 5.92 Å². The number of para-hydroxylation sites is 1. The van der Waals surface area contributed by atoms with Crippen molar-refractivity contribution in [1.82, 2.24) is 10.4 Å². The van der Waals surface area contributed by atoms with Gasteiger partial charge in [-0.15, -0.1) is 11.3 Å². The first-order valence-electron chi connectivity index (χ1n) is 8.64. The zero-order valence-corrected chi connectivity index (χ0v) is 18.5. The lowest BCUT2D eigenvalue weighted by Gasteiger charge is -2.29. The van der Waals surface area contributed by atoms with Gasteiger partial charge in [0.25, 0.3) is 5.91 Å². The number of nitrogens with two attached hydrogens (primary N) is 1. The number of hydrazone groups is 1. The van der Waals surface area contributed by atoms with Crippen LogP contribution in [0.15, 0.2) is 47.6 Å². The van der Waals surface area contributed by atoms with Gasteiger partial charge in [-0.3, -0.25) is 19.8 Å². The van der Waals surface area contributed by atoms with Gasteiger partial charge in [0.1, 0.15) is 16.6 Å². The first kappa shape index (κ1) is 21.3.